The van der Waals surface area contributed by atoms with Crippen LogP contribution in [0.3, 0.4) is 0 Å². The fourth-order valence-corrected chi connectivity index (χ4v) is 1.72. The molecule has 1 amide bonds. The third-order valence-corrected chi connectivity index (χ3v) is 2.48. The number of rotatable bonds is 0. The Morgan fingerprint density at radius 3 is 2.80 bits per heavy atom. The van der Waals surface area contributed by atoms with Crippen molar-refractivity contribution in [3.63, 3.8) is 0 Å². The van der Waals surface area contributed by atoms with E-state index in [0.717, 1.165) is 0 Å². The van der Waals surface area contributed by atoms with Gasteiger partial charge >= 0.3 is 0 Å². The summed E-state index contributed by atoms with van der Waals surface area (Å²) in [6.45, 7) is 6.12. The second-order valence-electron chi connectivity index (χ2n) is 4.70. The van der Waals surface area contributed by atoms with E-state index >= 15 is 0 Å². The van der Waals surface area contributed by atoms with Gasteiger partial charge in [-0.05, 0) is 20.8 Å². The highest BCUT2D eigenvalue weighted by atomic mass is 16.2. The number of amides is 1. The van der Waals surface area contributed by atoms with Crippen LogP contribution in [0.25, 0.3) is 0 Å². The lowest BCUT2D eigenvalue weighted by Crippen LogP contribution is -2.56. The van der Waals surface area contributed by atoms with Crippen LogP contribution >= 0.6 is 0 Å². The summed E-state index contributed by atoms with van der Waals surface area (Å²) in [5, 5.41) is 2.47. The van der Waals surface area contributed by atoms with E-state index in [1.165, 1.54) is 0 Å². The highest BCUT2D eigenvalue weighted by Gasteiger charge is 2.42. The van der Waals surface area contributed by atoms with Crippen molar-refractivity contribution < 1.29 is 4.79 Å². The van der Waals surface area contributed by atoms with Gasteiger partial charge in [0.15, 0.2) is 18.2 Å². The maximum atomic E-state index is 11.5. The molecule has 2 atom stereocenters. The number of fused-ring (bicyclic) bond motifs is 1. The van der Waals surface area contributed by atoms with Gasteiger partial charge in [-0.25, -0.2) is 4.99 Å². The average molecular weight is 209 g/mol. The first kappa shape index (κ1) is 9.95. The Bertz CT molecular complexity index is 354. The molecule has 0 saturated carbocycles. The third-order valence-electron chi connectivity index (χ3n) is 2.48. The van der Waals surface area contributed by atoms with Crippen LogP contribution < -0.4 is 11.1 Å². The van der Waals surface area contributed by atoms with Crippen molar-refractivity contribution >= 4 is 18.2 Å². The van der Waals surface area contributed by atoms with Crippen molar-refractivity contribution in [3.8, 4) is 0 Å². The maximum absolute atomic E-state index is 11.5. The molecule has 0 aromatic rings. The topological polar surface area (TPSA) is 83.1 Å². The van der Waals surface area contributed by atoms with Crippen LogP contribution in [0, 0.1) is 0 Å². The summed E-state index contributed by atoms with van der Waals surface area (Å²) in [5.74, 6) is -0.0171. The first-order valence-corrected chi connectivity index (χ1v) is 4.85. The Kier molecular flexibility index (Phi) is 1.95. The van der Waals surface area contributed by atoms with Crippen LogP contribution in [0.5, 0.6) is 0 Å². The van der Waals surface area contributed by atoms with Gasteiger partial charge in [0, 0.05) is 5.54 Å². The summed E-state index contributed by atoms with van der Waals surface area (Å²) >= 11 is 0. The number of hydrogen-bond donors (Lipinski definition) is 2. The molecule has 6 heteroatoms. The molecule has 82 valence electrons. The zero-order valence-corrected chi connectivity index (χ0v) is 9.06. The van der Waals surface area contributed by atoms with Gasteiger partial charge in [-0.3, -0.25) is 15.1 Å². The number of guanidine groups is 1. The average Bonchev–Trinajstić information content (AvgIpc) is 2.45. The minimum atomic E-state index is -0.462. The Morgan fingerprint density at radius 1 is 1.53 bits per heavy atom. The van der Waals surface area contributed by atoms with E-state index in [1.54, 1.807) is 6.34 Å². The Morgan fingerprint density at radius 2 is 2.20 bits per heavy atom. The van der Waals surface area contributed by atoms with E-state index in [-0.39, 0.29) is 23.6 Å². The number of carbonyl (C=O) groups is 1. The molecule has 0 aromatic heterocycles. The molecule has 0 bridgehead atoms. The van der Waals surface area contributed by atoms with Crippen molar-refractivity contribution in [3.05, 3.63) is 0 Å². The first-order chi connectivity index (χ1) is 6.89. The number of carbonyl (C=O) groups excluding carboxylic acids is 1. The summed E-state index contributed by atoms with van der Waals surface area (Å²) in [4.78, 5) is 21.8. The normalized spacial score (nSPS) is 29.9. The Labute approximate surface area is 88.2 Å². The first-order valence-electron chi connectivity index (χ1n) is 4.85. The maximum Gasteiger partial charge on any atom is 0.255 e. The van der Waals surface area contributed by atoms with Gasteiger partial charge in [0.05, 0.1) is 6.34 Å². The zero-order valence-electron chi connectivity index (χ0n) is 9.06. The molecule has 2 aliphatic heterocycles. The van der Waals surface area contributed by atoms with Crippen LogP contribution in [0.1, 0.15) is 20.8 Å². The molecule has 0 radical (unpaired) electrons. The van der Waals surface area contributed by atoms with Crippen LogP contribution in [0.2, 0.25) is 0 Å². The van der Waals surface area contributed by atoms with Crippen LogP contribution in [0.4, 0.5) is 0 Å². The third kappa shape index (κ3) is 1.55. The van der Waals surface area contributed by atoms with Crippen molar-refractivity contribution in [2.24, 2.45) is 15.7 Å². The van der Waals surface area contributed by atoms with Crippen molar-refractivity contribution in [2.45, 2.75) is 38.5 Å². The molecule has 0 fully saturated rings. The van der Waals surface area contributed by atoms with Gasteiger partial charge in [0.25, 0.3) is 5.91 Å². The second-order valence-corrected chi connectivity index (χ2v) is 4.70. The lowest BCUT2D eigenvalue weighted by atomic mass is 10.0. The molecule has 0 aromatic carbocycles. The monoisotopic (exact) mass is 209 g/mol. The smallest absolute Gasteiger partial charge is 0.255 e. The van der Waals surface area contributed by atoms with Gasteiger partial charge in [0.2, 0.25) is 0 Å². The number of hydrogen-bond acceptors (Lipinski definition) is 5. The van der Waals surface area contributed by atoms with Gasteiger partial charge in [-0.15, -0.1) is 0 Å². The van der Waals surface area contributed by atoms with E-state index < -0.39 is 6.04 Å². The van der Waals surface area contributed by atoms with Gasteiger partial charge in [-0.1, -0.05) is 0 Å². The van der Waals surface area contributed by atoms with E-state index in [0.29, 0.717) is 0 Å². The number of nitrogens with two attached hydrogens (primary N) is 1. The fraction of sp³-hybridized carbons (Fsp3) is 0.667. The SMILES string of the molecule is CC(C)(C)N1C=NC2C(=O)NC(N)=NC21. The Balaban J connectivity index is 2.32. The molecule has 2 unspecified atom stereocenters. The fourth-order valence-electron chi connectivity index (χ4n) is 1.72. The largest absolute Gasteiger partial charge is 0.370 e. The highest BCUT2D eigenvalue weighted by molar-refractivity contribution is 6.02. The predicted octanol–water partition coefficient (Wildman–Crippen LogP) is -0.732. The molecular formula is C9H15N5O. The van der Waals surface area contributed by atoms with Gasteiger partial charge in [-0.2, -0.15) is 0 Å². The molecule has 0 aliphatic carbocycles. The number of aliphatic imine (C=N–C) groups is 2. The highest BCUT2D eigenvalue weighted by Crippen LogP contribution is 2.25. The molecule has 2 heterocycles. The number of nitrogens with zero attached hydrogens (tertiary/aromatic N) is 3. The lowest BCUT2D eigenvalue weighted by Gasteiger charge is -2.37. The molecule has 2 rings (SSSR count). The molecule has 6 nitrogen and oxygen atoms in total. The lowest BCUT2D eigenvalue weighted by molar-refractivity contribution is -0.122. The second kappa shape index (κ2) is 2.95. The van der Waals surface area contributed by atoms with E-state index in [4.69, 9.17) is 5.73 Å². The van der Waals surface area contributed by atoms with Gasteiger partial charge in [0.1, 0.15) is 0 Å². The van der Waals surface area contributed by atoms with Gasteiger partial charge < -0.3 is 10.6 Å². The summed E-state index contributed by atoms with van der Waals surface area (Å²) in [5.41, 5.74) is 5.40. The van der Waals surface area contributed by atoms with Crippen molar-refractivity contribution in [1.82, 2.24) is 10.2 Å². The predicted molar refractivity (Wildman–Crippen MR) is 57.4 cm³/mol. The van der Waals surface area contributed by atoms with Crippen molar-refractivity contribution in [2.75, 3.05) is 0 Å². The molecular weight excluding hydrogens is 194 g/mol. The van der Waals surface area contributed by atoms with Crippen LogP contribution in [-0.2, 0) is 4.79 Å². The van der Waals surface area contributed by atoms with E-state index in [1.807, 2.05) is 25.7 Å². The van der Waals surface area contributed by atoms with Crippen LogP contribution in [0.15, 0.2) is 9.98 Å². The Hall–Kier alpha value is -1.59. The summed E-state index contributed by atoms with van der Waals surface area (Å²) < 4.78 is 0. The summed E-state index contributed by atoms with van der Waals surface area (Å²) in [6.07, 6.45) is 1.38. The van der Waals surface area contributed by atoms with Crippen molar-refractivity contribution in [1.29, 1.82) is 0 Å². The van der Waals surface area contributed by atoms with E-state index in [9.17, 15) is 4.79 Å². The summed E-state index contributed by atoms with van der Waals surface area (Å²) in [6, 6.07) is -0.462. The molecule has 2 aliphatic rings. The number of nitrogens with one attached hydrogen (secondary N) is 1. The quantitative estimate of drug-likeness (QED) is 0.551. The minimum Gasteiger partial charge on any atom is -0.370 e. The molecule has 0 spiro atoms. The minimum absolute atomic E-state index is 0.121. The standard InChI is InChI=1S/C9H15N5O/c1-9(2,3)14-4-11-5-6(14)12-8(10)13-7(5)15/h4-6H,1-3H3,(H3,10,12,13,15). The summed E-state index contributed by atoms with van der Waals surface area (Å²) in [7, 11) is 0. The molecule has 0 saturated heterocycles. The van der Waals surface area contributed by atoms with E-state index in [2.05, 4.69) is 15.3 Å². The van der Waals surface area contributed by atoms with Crippen LogP contribution in [-0.4, -0.2) is 40.9 Å². The molecule has 15 heavy (non-hydrogen) atoms. The molecule has 3 N–H and O–H groups in total. The zero-order chi connectivity index (χ0) is 11.2.